The molecular formula is C13H12FNO. The molecule has 3 heteroatoms. The second-order valence-corrected chi connectivity index (χ2v) is 4.35. The number of H-pyrrole nitrogens is 1. The van der Waals surface area contributed by atoms with Gasteiger partial charge in [0.25, 0.3) is 0 Å². The van der Waals surface area contributed by atoms with Gasteiger partial charge in [-0.3, -0.25) is 4.79 Å². The Morgan fingerprint density at radius 3 is 2.94 bits per heavy atom. The summed E-state index contributed by atoms with van der Waals surface area (Å²) in [5, 5.41) is 1.00. The van der Waals surface area contributed by atoms with E-state index in [0.29, 0.717) is 17.7 Å². The first kappa shape index (κ1) is 9.58. The largest absolute Gasteiger partial charge is 0.352 e. The van der Waals surface area contributed by atoms with Crippen LogP contribution in [-0.4, -0.2) is 10.8 Å². The predicted octanol–water partition coefficient (Wildman–Crippen LogP) is 3.13. The van der Waals surface area contributed by atoms with Gasteiger partial charge in [0.1, 0.15) is 5.82 Å². The van der Waals surface area contributed by atoms with E-state index in [0.717, 1.165) is 29.3 Å². The van der Waals surface area contributed by atoms with Gasteiger partial charge in [-0.1, -0.05) is 0 Å². The SMILES string of the molecule is Cc1c(F)ccc2c3c([nH]c12)C(=O)CCC3. The molecule has 0 saturated heterocycles. The molecule has 1 heterocycles. The van der Waals surface area contributed by atoms with Crippen molar-refractivity contribution in [2.24, 2.45) is 0 Å². The first-order chi connectivity index (χ1) is 7.68. The average Bonchev–Trinajstić information content (AvgIpc) is 2.65. The van der Waals surface area contributed by atoms with Crippen LogP contribution < -0.4 is 0 Å². The van der Waals surface area contributed by atoms with E-state index in [-0.39, 0.29) is 11.6 Å². The predicted molar refractivity (Wildman–Crippen MR) is 60.3 cm³/mol. The molecule has 2 aromatic rings. The molecule has 0 spiro atoms. The van der Waals surface area contributed by atoms with Gasteiger partial charge < -0.3 is 4.98 Å². The van der Waals surface area contributed by atoms with Crippen LogP contribution in [0.15, 0.2) is 12.1 Å². The Morgan fingerprint density at radius 1 is 1.31 bits per heavy atom. The van der Waals surface area contributed by atoms with Crippen molar-refractivity contribution < 1.29 is 9.18 Å². The Balaban J connectivity index is 2.40. The molecule has 0 fully saturated rings. The van der Waals surface area contributed by atoms with Crippen molar-refractivity contribution in [1.82, 2.24) is 4.98 Å². The van der Waals surface area contributed by atoms with E-state index >= 15 is 0 Å². The van der Waals surface area contributed by atoms with Crippen LogP contribution >= 0.6 is 0 Å². The Kier molecular flexibility index (Phi) is 1.90. The molecule has 2 nitrogen and oxygen atoms in total. The molecular weight excluding hydrogens is 205 g/mol. The van der Waals surface area contributed by atoms with Crippen molar-refractivity contribution in [3.63, 3.8) is 0 Å². The van der Waals surface area contributed by atoms with E-state index in [1.54, 1.807) is 13.0 Å². The fourth-order valence-electron chi connectivity index (χ4n) is 2.48. The van der Waals surface area contributed by atoms with E-state index in [4.69, 9.17) is 0 Å². The molecule has 82 valence electrons. The molecule has 1 aromatic heterocycles. The number of aromatic amines is 1. The van der Waals surface area contributed by atoms with Crippen molar-refractivity contribution in [2.45, 2.75) is 26.2 Å². The summed E-state index contributed by atoms with van der Waals surface area (Å²) in [5.41, 5.74) is 3.13. The van der Waals surface area contributed by atoms with E-state index < -0.39 is 0 Å². The summed E-state index contributed by atoms with van der Waals surface area (Å²) in [5.74, 6) is -0.0733. The normalized spacial score (nSPS) is 15.5. The molecule has 0 bridgehead atoms. The Hall–Kier alpha value is -1.64. The van der Waals surface area contributed by atoms with Crippen LogP contribution in [-0.2, 0) is 6.42 Å². The van der Waals surface area contributed by atoms with Gasteiger partial charge in [0.15, 0.2) is 5.78 Å². The molecule has 0 amide bonds. The summed E-state index contributed by atoms with van der Waals surface area (Å²) >= 11 is 0. The number of rotatable bonds is 0. The molecule has 16 heavy (non-hydrogen) atoms. The highest BCUT2D eigenvalue weighted by atomic mass is 19.1. The van der Waals surface area contributed by atoms with Crippen molar-refractivity contribution >= 4 is 16.7 Å². The highest BCUT2D eigenvalue weighted by molar-refractivity contribution is 6.03. The van der Waals surface area contributed by atoms with Crippen LogP contribution in [0.3, 0.4) is 0 Å². The second kappa shape index (κ2) is 3.17. The molecule has 0 atom stereocenters. The lowest BCUT2D eigenvalue weighted by Crippen LogP contribution is -2.09. The number of benzene rings is 1. The van der Waals surface area contributed by atoms with E-state index in [2.05, 4.69) is 4.98 Å². The Morgan fingerprint density at radius 2 is 2.12 bits per heavy atom. The lowest BCUT2D eigenvalue weighted by Gasteiger charge is -2.09. The maximum atomic E-state index is 13.4. The number of nitrogens with one attached hydrogen (secondary N) is 1. The van der Waals surface area contributed by atoms with Gasteiger partial charge in [-0.05, 0) is 37.5 Å². The van der Waals surface area contributed by atoms with Gasteiger partial charge in [-0.25, -0.2) is 4.39 Å². The molecule has 3 rings (SSSR count). The topological polar surface area (TPSA) is 32.9 Å². The van der Waals surface area contributed by atoms with Crippen LogP contribution in [0.2, 0.25) is 0 Å². The number of aryl methyl sites for hydroxylation is 2. The monoisotopic (exact) mass is 217 g/mol. The highest BCUT2D eigenvalue weighted by Gasteiger charge is 2.22. The van der Waals surface area contributed by atoms with Crippen molar-refractivity contribution in [3.8, 4) is 0 Å². The van der Waals surface area contributed by atoms with Crippen LogP contribution in [0, 0.1) is 12.7 Å². The summed E-state index contributed by atoms with van der Waals surface area (Å²) in [7, 11) is 0. The third kappa shape index (κ3) is 1.14. The first-order valence-electron chi connectivity index (χ1n) is 5.51. The van der Waals surface area contributed by atoms with Crippen LogP contribution in [0.5, 0.6) is 0 Å². The molecule has 0 radical (unpaired) electrons. The minimum atomic E-state index is -0.224. The van der Waals surface area contributed by atoms with Crippen LogP contribution in [0.1, 0.15) is 34.5 Å². The maximum absolute atomic E-state index is 13.4. The van der Waals surface area contributed by atoms with Crippen molar-refractivity contribution in [2.75, 3.05) is 0 Å². The zero-order valence-electron chi connectivity index (χ0n) is 9.06. The van der Waals surface area contributed by atoms with Gasteiger partial charge in [-0.2, -0.15) is 0 Å². The van der Waals surface area contributed by atoms with Crippen molar-refractivity contribution in [3.05, 3.63) is 34.8 Å². The van der Waals surface area contributed by atoms with Gasteiger partial charge in [0.05, 0.1) is 11.2 Å². The van der Waals surface area contributed by atoms with Gasteiger partial charge in [-0.15, -0.1) is 0 Å². The molecule has 0 saturated carbocycles. The van der Waals surface area contributed by atoms with Gasteiger partial charge in [0.2, 0.25) is 0 Å². The van der Waals surface area contributed by atoms with E-state index in [1.165, 1.54) is 6.07 Å². The lowest BCUT2D eigenvalue weighted by molar-refractivity contribution is 0.0968. The lowest BCUT2D eigenvalue weighted by atomic mass is 9.94. The number of Topliss-reactive ketones (excluding diaryl/α,β-unsaturated/α-hetero) is 1. The van der Waals surface area contributed by atoms with Gasteiger partial charge >= 0.3 is 0 Å². The summed E-state index contributed by atoms with van der Waals surface area (Å²) in [4.78, 5) is 14.8. The second-order valence-electron chi connectivity index (χ2n) is 4.35. The van der Waals surface area contributed by atoms with Crippen LogP contribution in [0.25, 0.3) is 10.9 Å². The Labute approximate surface area is 92.5 Å². The zero-order valence-corrected chi connectivity index (χ0v) is 9.06. The van der Waals surface area contributed by atoms with E-state index in [9.17, 15) is 9.18 Å². The number of carbonyl (C=O) groups is 1. The summed E-state index contributed by atoms with van der Waals surface area (Å²) in [6.07, 6.45) is 2.41. The van der Waals surface area contributed by atoms with Crippen molar-refractivity contribution in [1.29, 1.82) is 0 Å². The number of fused-ring (bicyclic) bond motifs is 3. The highest BCUT2D eigenvalue weighted by Crippen LogP contribution is 2.31. The fraction of sp³-hybridized carbons (Fsp3) is 0.308. The molecule has 1 aliphatic carbocycles. The Bertz CT molecular complexity index is 597. The molecule has 0 aliphatic heterocycles. The minimum absolute atomic E-state index is 0.150. The number of halogens is 1. The standard InChI is InChI=1S/C13H12FNO/c1-7-10(14)6-5-9-8-3-2-4-11(16)13(8)15-12(7)9/h5-6,15H,2-4H2,1H3. The minimum Gasteiger partial charge on any atom is -0.352 e. The quantitative estimate of drug-likeness (QED) is 0.722. The van der Waals surface area contributed by atoms with E-state index in [1.807, 2.05) is 0 Å². The molecule has 1 aliphatic rings. The number of hydrogen-bond donors (Lipinski definition) is 1. The molecule has 1 aromatic carbocycles. The fourth-order valence-corrected chi connectivity index (χ4v) is 2.48. The average molecular weight is 217 g/mol. The summed E-state index contributed by atoms with van der Waals surface area (Å²) in [6.45, 7) is 1.74. The first-order valence-corrected chi connectivity index (χ1v) is 5.51. The third-order valence-electron chi connectivity index (χ3n) is 3.39. The smallest absolute Gasteiger partial charge is 0.179 e. The summed E-state index contributed by atoms with van der Waals surface area (Å²) < 4.78 is 13.4. The number of aromatic nitrogens is 1. The number of hydrogen-bond acceptors (Lipinski definition) is 1. The van der Waals surface area contributed by atoms with Gasteiger partial charge in [0, 0.05) is 17.4 Å². The molecule has 0 unspecified atom stereocenters. The number of carbonyl (C=O) groups excluding carboxylic acids is 1. The van der Waals surface area contributed by atoms with Crippen LogP contribution in [0.4, 0.5) is 4.39 Å². The number of ketones is 1. The molecule has 1 N–H and O–H groups in total. The maximum Gasteiger partial charge on any atom is 0.179 e. The third-order valence-corrected chi connectivity index (χ3v) is 3.39. The summed E-state index contributed by atoms with van der Waals surface area (Å²) in [6, 6.07) is 3.25. The zero-order chi connectivity index (χ0) is 11.3.